The summed E-state index contributed by atoms with van der Waals surface area (Å²) >= 11 is 1.17. The van der Waals surface area contributed by atoms with Gasteiger partial charge in [-0.3, -0.25) is 4.79 Å². The molecule has 10 heteroatoms. The molecule has 3 aromatic rings. The topological polar surface area (TPSA) is 84.3 Å². The van der Waals surface area contributed by atoms with Crippen LogP contribution in [0.1, 0.15) is 23.3 Å². The number of aromatic nitrogens is 2. The Bertz CT molecular complexity index is 1100. The molecule has 1 aliphatic heterocycles. The van der Waals surface area contributed by atoms with Gasteiger partial charge in [0.05, 0.1) is 0 Å². The highest BCUT2D eigenvalue weighted by Crippen LogP contribution is 2.20. The molecule has 0 radical (unpaired) electrons. The van der Waals surface area contributed by atoms with Gasteiger partial charge in [-0.25, -0.2) is 22.2 Å². The fourth-order valence-corrected chi connectivity index (χ4v) is 5.58. The van der Waals surface area contributed by atoms with Gasteiger partial charge in [0, 0.05) is 25.3 Å². The van der Waals surface area contributed by atoms with Crippen molar-refractivity contribution in [3.05, 3.63) is 65.6 Å². The molecule has 0 bridgehead atoms. The largest absolute Gasteiger partial charge is 0.337 e. The first-order valence-electron chi connectivity index (χ1n) is 9.10. The molecule has 1 saturated heterocycles. The number of hydrogen-bond acceptors (Lipinski definition) is 5. The van der Waals surface area contributed by atoms with Crippen LogP contribution < -0.4 is 4.72 Å². The van der Waals surface area contributed by atoms with Gasteiger partial charge in [-0.1, -0.05) is 18.2 Å². The molecule has 152 valence electrons. The first kappa shape index (κ1) is 19.7. The van der Waals surface area contributed by atoms with Gasteiger partial charge in [0.15, 0.2) is 5.69 Å². The normalized spacial score (nSPS) is 15.6. The van der Waals surface area contributed by atoms with Crippen molar-refractivity contribution in [1.29, 1.82) is 0 Å². The molecule has 1 amide bonds. The highest BCUT2D eigenvalue weighted by molar-refractivity contribution is 7.91. The minimum absolute atomic E-state index is 0.220. The van der Waals surface area contributed by atoms with Crippen LogP contribution in [0, 0.1) is 5.82 Å². The SMILES string of the molecule is O=C(c1ccn(-c2ccccc2F)n1)N1CCC(NS(=O)(=O)c2cccs2)CC1. The number of likely N-dealkylation sites (tertiary alicyclic amines) is 1. The highest BCUT2D eigenvalue weighted by atomic mass is 32.2. The van der Waals surface area contributed by atoms with E-state index in [0.717, 1.165) is 0 Å². The van der Waals surface area contributed by atoms with Gasteiger partial charge in [0.2, 0.25) is 10.0 Å². The summed E-state index contributed by atoms with van der Waals surface area (Å²) in [6, 6.07) is 10.8. The molecule has 1 N–H and O–H groups in total. The third-order valence-corrected chi connectivity index (χ3v) is 7.69. The molecule has 2 aromatic heterocycles. The number of halogens is 1. The van der Waals surface area contributed by atoms with Gasteiger partial charge in [-0.05, 0) is 42.5 Å². The number of benzene rings is 1. The van der Waals surface area contributed by atoms with E-state index in [1.54, 1.807) is 52.9 Å². The zero-order valence-electron chi connectivity index (χ0n) is 15.4. The second-order valence-electron chi connectivity index (χ2n) is 6.72. The van der Waals surface area contributed by atoms with E-state index in [2.05, 4.69) is 9.82 Å². The summed E-state index contributed by atoms with van der Waals surface area (Å²) in [5.41, 5.74) is 0.499. The molecule has 0 atom stereocenters. The zero-order valence-corrected chi connectivity index (χ0v) is 17.0. The summed E-state index contributed by atoms with van der Waals surface area (Å²) in [5.74, 6) is -0.673. The summed E-state index contributed by atoms with van der Waals surface area (Å²) in [4.78, 5) is 14.4. The van der Waals surface area contributed by atoms with E-state index in [0.29, 0.717) is 25.9 Å². The van der Waals surface area contributed by atoms with Crippen LogP contribution in [0.2, 0.25) is 0 Å². The number of piperidine rings is 1. The number of sulfonamides is 1. The number of para-hydroxylation sites is 1. The van der Waals surface area contributed by atoms with Crippen molar-refractivity contribution < 1.29 is 17.6 Å². The molecule has 0 aliphatic carbocycles. The van der Waals surface area contributed by atoms with Crippen LogP contribution in [0.3, 0.4) is 0 Å². The van der Waals surface area contributed by atoms with Gasteiger partial charge in [-0.15, -0.1) is 11.3 Å². The molecule has 0 unspecified atom stereocenters. The highest BCUT2D eigenvalue weighted by Gasteiger charge is 2.28. The Labute approximate surface area is 171 Å². The Balaban J connectivity index is 1.38. The van der Waals surface area contributed by atoms with Gasteiger partial charge in [0.25, 0.3) is 5.91 Å². The minimum Gasteiger partial charge on any atom is -0.337 e. The van der Waals surface area contributed by atoms with Crippen molar-refractivity contribution in [1.82, 2.24) is 19.4 Å². The predicted molar refractivity (Wildman–Crippen MR) is 107 cm³/mol. The lowest BCUT2D eigenvalue weighted by Gasteiger charge is -2.31. The number of carbonyl (C=O) groups is 1. The lowest BCUT2D eigenvalue weighted by Crippen LogP contribution is -2.46. The lowest BCUT2D eigenvalue weighted by atomic mass is 10.1. The fourth-order valence-electron chi connectivity index (χ4n) is 3.27. The van der Waals surface area contributed by atoms with E-state index in [-0.39, 0.29) is 27.5 Å². The van der Waals surface area contributed by atoms with Crippen LogP contribution in [-0.4, -0.2) is 48.1 Å². The molecule has 4 rings (SSSR count). The average Bonchev–Trinajstić information content (AvgIpc) is 3.41. The maximum absolute atomic E-state index is 13.9. The summed E-state index contributed by atoms with van der Waals surface area (Å²) in [7, 11) is -3.52. The number of rotatable bonds is 5. The lowest BCUT2D eigenvalue weighted by molar-refractivity contribution is 0.0705. The Kier molecular flexibility index (Phi) is 5.48. The molecule has 3 heterocycles. The molecule has 1 aromatic carbocycles. The van der Waals surface area contributed by atoms with E-state index >= 15 is 0 Å². The summed E-state index contributed by atoms with van der Waals surface area (Å²) in [6.45, 7) is 0.839. The van der Waals surface area contributed by atoms with Crippen molar-refractivity contribution in [2.75, 3.05) is 13.1 Å². The molecule has 1 aliphatic rings. The van der Waals surface area contributed by atoms with E-state index in [4.69, 9.17) is 0 Å². The van der Waals surface area contributed by atoms with Crippen molar-refractivity contribution in [2.24, 2.45) is 0 Å². The first-order valence-corrected chi connectivity index (χ1v) is 11.5. The Hall–Kier alpha value is -2.56. The van der Waals surface area contributed by atoms with Crippen LogP contribution >= 0.6 is 11.3 Å². The number of amides is 1. The molecule has 0 spiro atoms. The van der Waals surface area contributed by atoms with E-state index in [9.17, 15) is 17.6 Å². The van der Waals surface area contributed by atoms with Gasteiger partial charge < -0.3 is 4.90 Å². The van der Waals surface area contributed by atoms with Crippen LogP contribution in [0.5, 0.6) is 0 Å². The van der Waals surface area contributed by atoms with E-state index in [1.807, 2.05) is 0 Å². The molecule has 29 heavy (non-hydrogen) atoms. The Morgan fingerprint density at radius 1 is 1.14 bits per heavy atom. The monoisotopic (exact) mass is 434 g/mol. The van der Waals surface area contributed by atoms with Crippen molar-refractivity contribution in [2.45, 2.75) is 23.1 Å². The van der Waals surface area contributed by atoms with Gasteiger partial charge in [0.1, 0.15) is 15.7 Å². The molecular weight excluding hydrogens is 415 g/mol. The number of nitrogens with zero attached hydrogens (tertiary/aromatic N) is 3. The third kappa shape index (κ3) is 4.24. The average molecular weight is 435 g/mol. The summed E-state index contributed by atoms with van der Waals surface area (Å²) < 4.78 is 42.9. The van der Waals surface area contributed by atoms with Crippen molar-refractivity contribution in [3.8, 4) is 5.69 Å². The van der Waals surface area contributed by atoms with Gasteiger partial charge >= 0.3 is 0 Å². The fraction of sp³-hybridized carbons (Fsp3) is 0.263. The van der Waals surface area contributed by atoms with Crippen molar-refractivity contribution >= 4 is 27.3 Å². The standard InChI is InChI=1S/C19H19FN4O3S2/c20-15-4-1-2-5-17(15)24-12-9-16(21-24)19(25)23-10-7-14(8-11-23)22-29(26,27)18-6-3-13-28-18/h1-6,9,12-14,22H,7-8,10-11H2. The molecule has 1 fully saturated rings. The smallest absolute Gasteiger partial charge is 0.274 e. The van der Waals surface area contributed by atoms with Crippen LogP contribution in [0.15, 0.2) is 58.3 Å². The van der Waals surface area contributed by atoms with Crippen molar-refractivity contribution in [3.63, 3.8) is 0 Å². The summed E-state index contributed by atoms with van der Waals surface area (Å²) in [5, 5.41) is 5.92. The first-order chi connectivity index (χ1) is 13.9. The Morgan fingerprint density at radius 3 is 2.59 bits per heavy atom. The third-order valence-electron chi connectivity index (χ3n) is 4.77. The van der Waals surface area contributed by atoms with E-state index < -0.39 is 15.8 Å². The number of carbonyl (C=O) groups excluding carboxylic acids is 1. The van der Waals surface area contributed by atoms with Crippen LogP contribution in [-0.2, 0) is 10.0 Å². The second-order valence-corrected chi connectivity index (χ2v) is 9.61. The Morgan fingerprint density at radius 2 is 1.90 bits per heavy atom. The maximum atomic E-state index is 13.9. The zero-order chi connectivity index (χ0) is 20.4. The second kappa shape index (κ2) is 8.05. The van der Waals surface area contributed by atoms with Crippen LogP contribution in [0.4, 0.5) is 4.39 Å². The maximum Gasteiger partial charge on any atom is 0.274 e. The number of thiophene rings is 1. The molecule has 7 nitrogen and oxygen atoms in total. The number of nitrogens with one attached hydrogen (secondary N) is 1. The van der Waals surface area contributed by atoms with E-state index in [1.165, 1.54) is 22.1 Å². The molecule has 0 saturated carbocycles. The van der Waals surface area contributed by atoms with Crippen LogP contribution in [0.25, 0.3) is 5.69 Å². The quantitative estimate of drug-likeness (QED) is 0.669. The summed E-state index contributed by atoms with van der Waals surface area (Å²) in [6.07, 6.45) is 2.59. The molecular formula is C19H19FN4O3S2. The number of hydrogen-bond donors (Lipinski definition) is 1. The van der Waals surface area contributed by atoms with Gasteiger partial charge in [-0.2, -0.15) is 5.10 Å². The minimum atomic E-state index is -3.52. The predicted octanol–water partition coefficient (Wildman–Crippen LogP) is 2.66.